The Morgan fingerprint density at radius 1 is 1.00 bits per heavy atom. The molecule has 0 fully saturated rings. The summed E-state index contributed by atoms with van der Waals surface area (Å²) in [6.45, 7) is 0.614. The van der Waals surface area contributed by atoms with Crippen molar-refractivity contribution >= 4 is 12.2 Å². The Morgan fingerprint density at radius 2 is 1.73 bits per heavy atom. The van der Waals surface area contributed by atoms with Crippen molar-refractivity contribution in [3.8, 4) is 11.5 Å². The van der Waals surface area contributed by atoms with Crippen LogP contribution in [0.4, 0.5) is 0 Å². The van der Waals surface area contributed by atoms with Crippen LogP contribution in [0.25, 0.3) is 0 Å². The molecule has 0 atom stereocenters. The fourth-order valence-corrected chi connectivity index (χ4v) is 1.78. The van der Waals surface area contributed by atoms with Crippen molar-refractivity contribution in [2.45, 2.75) is 0 Å². The van der Waals surface area contributed by atoms with E-state index in [1.165, 1.54) is 0 Å². The maximum Gasteiger partial charge on any atom is 0.258 e. The highest BCUT2D eigenvalue weighted by Crippen LogP contribution is 2.15. The second-order valence-corrected chi connectivity index (χ2v) is 4.46. The van der Waals surface area contributed by atoms with Crippen LogP contribution < -0.4 is 14.8 Å². The summed E-state index contributed by atoms with van der Waals surface area (Å²) >= 11 is 0. The fourth-order valence-electron chi connectivity index (χ4n) is 1.78. The zero-order chi connectivity index (χ0) is 15.6. The van der Waals surface area contributed by atoms with Gasteiger partial charge < -0.3 is 14.8 Å². The molecule has 22 heavy (non-hydrogen) atoms. The molecule has 114 valence electrons. The number of rotatable bonds is 8. The van der Waals surface area contributed by atoms with Crippen LogP contribution in [0.15, 0.2) is 54.6 Å². The predicted octanol–water partition coefficient (Wildman–Crippen LogP) is 2.07. The zero-order valence-corrected chi connectivity index (χ0v) is 12.0. The maximum absolute atomic E-state index is 11.6. The molecule has 0 radical (unpaired) electrons. The van der Waals surface area contributed by atoms with Gasteiger partial charge in [-0.1, -0.05) is 30.3 Å². The van der Waals surface area contributed by atoms with Gasteiger partial charge in [-0.25, -0.2) is 0 Å². The highest BCUT2D eigenvalue weighted by Gasteiger charge is 2.05. The number of carbonyl (C=O) groups is 2. The van der Waals surface area contributed by atoms with Gasteiger partial charge in [-0.05, 0) is 24.3 Å². The molecule has 0 aromatic heterocycles. The summed E-state index contributed by atoms with van der Waals surface area (Å²) in [5, 5.41) is 2.68. The summed E-state index contributed by atoms with van der Waals surface area (Å²) in [6.07, 6.45) is 0.695. The molecule has 0 bridgehead atoms. The molecule has 0 aliphatic heterocycles. The molecule has 1 amide bonds. The van der Waals surface area contributed by atoms with Crippen LogP contribution in [0.5, 0.6) is 11.5 Å². The third-order valence-corrected chi connectivity index (χ3v) is 2.84. The van der Waals surface area contributed by atoms with E-state index >= 15 is 0 Å². The van der Waals surface area contributed by atoms with Crippen molar-refractivity contribution < 1.29 is 19.1 Å². The molecule has 0 heterocycles. The van der Waals surface area contributed by atoms with Crippen molar-refractivity contribution in [1.82, 2.24) is 5.32 Å². The van der Waals surface area contributed by atoms with Crippen molar-refractivity contribution in [1.29, 1.82) is 0 Å². The predicted molar refractivity (Wildman–Crippen MR) is 82.3 cm³/mol. The van der Waals surface area contributed by atoms with Gasteiger partial charge in [-0.15, -0.1) is 0 Å². The van der Waals surface area contributed by atoms with Gasteiger partial charge in [0.25, 0.3) is 5.91 Å². The van der Waals surface area contributed by atoms with Crippen LogP contribution in [0.3, 0.4) is 0 Å². The molecule has 0 saturated heterocycles. The lowest BCUT2D eigenvalue weighted by molar-refractivity contribution is -0.123. The molecule has 1 N–H and O–H groups in total. The number of benzene rings is 2. The number of ether oxygens (including phenoxy) is 2. The van der Waals surface area contributed by atoms with E-state index in [0.717, 1.165) is 5.75 Å². The SMILES string of the molecule is O=Cc1ccccc1OCC(=O)NCCOc1ccccc1. The van der Waals surface area contributed by atoms with Crippen molar-refractivity contribution in [3.63, 3.8) is 0 Å². The Kier molecular flexibility index (Phi) is 5.99. The van der Waals surface area contributed by atoms with Gasteiger partial charge in [0.1, 0.15) is 18.1 Å². The summed E-state index contributed by atoms with van der Waals surface area (Å²) < 4.78 is 10.8. The highest BCUT2D eigenvalue weighted by molar-refractivity contribution is 5.80. The van der Waals surface area contributed by atoms with Crippen molar-refractivity contribution in [2.75, 3.05) is 19.8 Å². The molecule has 2 aromatic rings. The maximum atomic E-state index is 11.6. The number of hydrogen-bond donors (Lipinski definition) is 1. The first-order chi connectivity index (χ1) is 10.8. The monoisotopic (exact) mass is 299 g/mol. The van der Waals surface area contributed by atoms with Gasteiger partial charge in [0.15, 0.2) is 12.9 Å². The molecule has 5 heteroatoms. The minimum Gasteiger partial charge on any atom is -0.492 e. The summed E-state index contributed by atoms with van der Waals surface area (Å²) in [7, 11) is 0. The first kappa shape index (κ1) is 15.6. The average Bonchev–Trinajstić information content (AvgIpc) is 2.58. The van der Waals surface area contributed by atoms with E-state index in [4.69, 9.17) is 9.47 Å². The molecule has 5 nitrogen and oxygen atoms in total. The Morgan fingerprint density at radius 3 is 2.50 bits per heavy atom. The molecular formula is C17H17NO4. The van der Waals surface area contributed by atoms with Crippen LogP contribution in [-0.4, -0.2) is 32.0 Å². The lowest BCUT2D eigenvalue weighted by atomic mass is 10.2. The van der Waals surface area contributed by atoms with E-state index < -0.39 is 0 Å². The highest BCUT2D eigenvalue weighted by atomic mass is 16.5. The quantitative estimate of drug-likeness (QED) is 0.598. The third kappa shape index (κ3) is 4.94. The van der Waals surface area contributed by atoms with Crippen molar-refractivity contribution in [2.24, 2.45) is 0 Å². The summed E-state index contributed by atoms with van der Waals surface area (Å²) in [6, 6.07) is 16.1. The minimum absolute atomic E-state index is 0.143. The standard InChI is InChI=1S/C17H17NO4/c19-12-14-6-4-5-9-16(14)22-13-17(20)18-10-11-21-15-7-2-1-3-8-15/h1-9,12H,10-11,13H2,(H,18,20). The smallest absolute Gasteiger partial charge is 0.258 e. The van der Waals surface area contributed by atoms with Gasteiger partial charge in [0.2, 0.25) is 0 Å². The van der Waals surface area contributed by atoms with Crippen molar-refractivity contribution in [3.05, 3.63) is 60.2 Å². The van der Waals surface area contributed by atoms with E-state index in [1.807, 2.05) is 30.3 Å². The number of nitrogens with one attached hydrogen (secondary N) is 1. The van der Waals surface area contributed by atoms with E-state index in [9.17, 15) is 9.59 Å². The van der Waals surface area contributed by atoms with Crippen LogP contribution in [0.2, 0.25) is 0 Å². The summed E-state index contributed by atoms with van der Waals surface area (Å²) in [5.74, 6) is 0.887. The second-order valence-electron chi connectivity index (χ2n) is 4.46. The van der Waals surface area contributed by atoms with Crippen LogP contribution in [0.1, 0.15) is 10.4 Å². The lowest BCUT2D eigenvalue weighted by Gasteiger charge is -2.09. The molecular weight excluding hydrogens is 282 g/mol. The number of para-hydroxylation sites is 2. The Hall–Kier alpha value is -2.82. The molecule has 0 unspecified atom stereocenters. The molecule has 0 aliphatic carbocycles. The minimum atomic E-state index is -0.266. The first-order valence-electron chi connectivity index (χ1n) is 6.91. The average molecular weight is 299 g/mol. The molecule has 0 spiro atoms. The topological polar surface area (TPSA) is 64.6 Å². The lowest BCUT2D eigenvalue weighted by Crippen LogP contribution is -2.32. The Labute approximate surface area is 128 Å². The zero-order valence-electron chi connectivity index (χ0n) is 12.0. The Balaban J connectivity index is 1.67. The van der Waals surface area contributed by atoms with Gasteiger partial charge >= 0.3 is 0 Å². The largest absolute Gasteiger partial charge is 0.492 e. The number of aldehydes is 1. The number of carbonyl (C=O) groups excluding carboxylic acids is 2. The Bertz CT molecular complexity index is 613. The third-order valence-electron chi connectivity index (χ3n) is 2.84. The second kappa shape index (κ2) is 8.46. The molecule has 2 aromatic carbocycles. The molecule has 0 aliphatic rings. The van der Waals surface area contributed by atoms with Gasteiger partial charge in [-0.3, -0.25) is 9.59 Å². The fraction of sp³-hybridized carbons (Fsp3) is 0.176. The summed E-state index contributed by atoms with van der Waals surface area (Å²) in [5.41, 5.74) is 0.419. The van der Waals surface area contributed by atoms with Gasteiger partial charge in [-0.2, -0.15) is 0 Å². The number of hydrogen-bond acceptors (Lipinski definition) is 4. The van der Waals surface area contributed by atoms with E-state index in [-0.39, 0.29) is 12.5 Å². The molecule has 0 saturated carbocycles. The summed E-state index contributed by atoms with van der Waals surface area (Å²) in [4.78, 5) is 22.5. The van der Waals surface area contributed by atoms with E-state index in [0.29, 0.717) is 30.8 Å². The van der Waals surface area contributed by atoms with Gasteiger partial charge in [0, 0.05) is 0 Å². The van der Waals surface area contributed by atoms with Crippen LogP contribution in [-0.2, 0) is 4.79 Å². The number of amides is 1. The van der Waals surface area contributed by atoms with Crippen LogP contribution in [0, 0.1) is 0 Å². The van der Waals surface area contributed by atoms with E-state index in [2.05, 4.69) is 5.32 Å². The molecule has 2 rings (SSSR count). The van der Waals surface area contributed by atoms with Crippen LogP contribution >= 0.6 is 0 Å². The van der Waals surface area contributed by atoms with Gasteiger partial charge in [0.05, 0.1) is 12.1 Å². The normalized spacial score (nSPS) is 9.82. The first-order valence-corrected chi connectivity index (χ1v) is 6.91. The van der Waals surface area contributed by atoms with E-state index in [1.54, 1.807) is 24.3 Å².